The van der Waals surface area contributed by atoms with Gasteiger partial charge in [0, 0.05) is 0 Å². The molecule has 0 saturated heterocycles. The molecular weight excluding hydrogens is 408 g/mol. The normalized spacial score (nSPS) is 14.3. The zero-order valence-corrected chi connectivity index (χ0v) is 18.4. The van der Waals surface area contributed by atoms with Crippen molar-refractivity contribution in [3.8, 4) is 0 Å². The van der Waals surface area contributed by atoms with E-state index in [1.165, 1.54) is 5.43 Å². The second-order valence-corrected chi connectivity index (χ2v) is 6.76. The summed E-state index contributed by atoms with van der Waals surface area (Å²) in [5.41, 5.74) is 0.165. The minimum Gasteiger partial charge on any atom is -0.744 e. The summed E-state index contributed by atoms with van der Waals surface area (Å²) in [6, 6.07) is 1.71. The van der Waals surface area contributed by atoms with Gasteiger partial charge < -0.3 is 14.4 Å². The van der Waals surface area contributed by atoms with Gasteiger partial charge in [-0.2, -0.15) is 4.39 Å². The van der Waals surface area contributed by atoms with Crippen LogP contribution in [0.4, 0.5) is 14.6 Å². The molecule has 126 valence electrons. The molecule has 16 heteroatoms. The molecule has 0 atom stereocenters. The second-order valence-electron chi connectivity index (χ2n) is 4.04. The van der Waals surface area contributed by atoms with Crippen LogP contribution in [-0.2, 0) is 20.2 Å². The molecule has 0 aromatic heterocycles. The average molecular weight is 414 g/mol. The number of hydrogen-bond donors (Lipinski definition) is 2. The van der Waals surface area contributed by atoms with E-state index >= 15 is 0 Å². The van der Waals surface area contributed by atoms with Crippen LogP contribution in [0.5, 0.6) is 0 Å². The van der Waals surface area contributed by atoms with Gasteiger partial charge in [-0.05, 0) is 23.5 Å². The van der Waals surface area contributed by atoms with Gasteiger partial charge in [-0.1, -0.05) is 4.48 Å². The molecule has 1 heterocycles. The maximum absolute atomic E-state index is 13.5. The number of nitrogens with zero attached hydrogens (tertiary/aromatic N) is 2. The number of anilines is 1. The van der Waals surface area contributed by atoms with Crippen LogP contribution in [0.1, 0.15) is 0 Å². The van der Waals surface area contributed by atoms with Crippen LogP contribution in [0.15, 0.2) is 44.7 Å². The van der Waals surface area contributed by atoms with Crippen LogP contribution in [0.3, 0.4) is 0 Å². The monoisotopic (exact) mass is 414 g/mol. The standard InChI is InChI=1S/C9H8F2N4O6S2.2Na/c10-9-7(4-12-15(11)14-9)13-6-3-5(22(16,17)18)1-2-8(6)23(19,20)21;;/h1-4,13-14H,(H,16,17,18)(H,19,20,21);;/q;2*+1/p-2. The van der Waals surface area contributed by atoms with Crippen molar-refractivity contribution in [3.05, 3.63) is 29.8 Å². The minimum atomic E-state index is -5.08. The van der Waals surface area contributed by atoms with E-state index in [1.807, 2.05) is 0 Å². The van der Waals surface area contributed by atoms with Crippen molar-refractivity contribution in [2.75, 3.05) is 5.32 Å². The molecule has 0 aliphatic carbocycles. The Bertz CT molecular complexity index is 922. The second kappa shape index (κ2) is 9.07. The summed E-state index contributed by atoms with van der Waals surface area (Å²) in [5, 5.41) is 4.54. The predicted molar refractivity (Wildman–Crippen MR) is 68.7 cm³/mol. The number of allylic oxidation sites excluding steroid dienone is 1. The average Bonchev–Trinajstić information content (AvgIpc) is 2.39. The Kier molecular flexibility index (Phi) is 8.97. The molecule has 1 aromatic carbocycles. The van der Waals surface area contributed by atoms with Crippen molar-refractivity contribution < 1.29 is 93.9 Å². The van der Waals surface area contributed by atoms with Crippen molar-refractivity contribution in [2.24, 2.45) is 5.10 Å². The maximum atomic E-state index is 13.5. The summed E-state index contributed by atoms with van der Waals surface area (Å²) in [5.74, 6) is -1.34. The molecule has 2 rings (SSSR count). The summed E-state index contributed by atoms with van der Waals surface area (Å²) in [4.78, 5) is -1.80. The van der Waals surface area contributed by atoms with Gasteiger partial charge in [0.1, 0.15) is 25.9 Å². The molecule has 25 heavy (non-hydrogen) atoms. The minimum absolute atomic E-state index is 0. The topological polar surface area (TPSA) is 154 Å². The molecule has 0 fully saturated rings. The fourth-order valence-electron chi connectivity index (χ4n) is 1.55. The Morgan fingerprint density at radius 1 is 1.12 bits per heavy atom. The molecule has 1 aromatic rings. The van der Waals surface area contributed by atoms with E-state index in [4.69, 9.17) is 0 Å². The van der Waals surface area contributed by atoms with Gasteiger partial charge in [0.05, 0.1) is 21.7 Å². The van der Waals surface area contributed by atoms with E-state index in [1.54, 1.807) is 0 Å². The Hall–Kier alpha value is -0.290. The van der Waals surface area contributed by atoms with Gasteiger partial charge in [0.25, 0.3) is 0 Å². The first-order valence-corrected chi connectivity index (χ1v) is 8.29. The summed E-state index contributed by atoms with van der Waals surface area (Å²) in [6.07, 6.45) is 0.589. The zero-order valence-electron chi connectivity index (χ0n) is 12.7. The van der Waals surface area contributed by atoms with E-state index in [0.29, 0.717) is 24.4 Å². The van der Waals surface area contributed by atoms with Crippen LogP contribution in [-0.4, -0.2) is 37.5 Å². The summed E-state index contributed by atoms with van der Waals surface area (Å²) in [6.45, 7) is 0. The van der Waals surface area contributed by atoms with Crippen molar-refractivity contribution in [2.45, 2.75) is 9.79 Å². The third kappa shape index (κ3) is 6.42. The largest absolute Gasteiger partial charge is 1.00 e. The SMILES string of the molecule is O=S(=O)([O-])c1ccc(S(=O)(=O)[O-])c(NC2=C(F)NN(F)N=C2)c1.[Na+].[Na+]. The molecule has 0 saturated carbocycles. The Morgan fingerprint density at radius 3 is 2.20 bits per heavy atom. The van der Waals surface area contributed by atoms with Gasteiger partial charge in [-0.25, -0.2) is 22.3 Å². The molecule has 0 spiro atoms. The van der Waals surface area contributed by atoms with Crippen LogP contribution < -0.4 is 69.9 Å². The Morgan fingerprint density at radius 2 is 1.72 bits per heavy atom. The van der Waals surface area contributed by atoms with E-state index in [0.717, 1.165) is 0 Å². The molecule has 0 bridgehead atoms. The van der Waals surface area contributed by atoms with E-state index in [2.05, 4.69) is 10.4 Å². The fourth-order valence-corrected chi connectivity index (χ4v) is 2.66. The molecule has 0 radical (unpaired) electrons. The number of benzene rings is 1. The first-order valence-electron chi connectivity index (χ1n) is 5.47. The van der Waals surface area contributed by atoms with Gasteiger partial charge in [-0.3, -0.25) is 0 Å². The van der Waals surface area contributed by atoms with Crippen LogP contribution >= 0.6 is 0 Å². The number of halogens is 2. The van der Waals surface area contributed by atoms with Gasteiger partial charge in [0.2, 0.25) is 5.95 Å². The maximum Gasteiger partial charge on any atom is 1.00 e. The fraction of sp³-hybridized carbons (Fsp3) is 0. The number of hydrazone groups is 1. The summed E-state index contributed by atoms with van der Waals surface area (Å²) < 4.78 is 92.3. The Labute approximate surface area is 185 Å². The number of hydrogen-bond acceptors (Lipinski definition) is 10. The van der Waals surface area contributed by atoms with Crippen molar-refractivity contribution in [1.82, 2.24) is 10.8 Å². The number of nitrogens with one attached hydrogen (secondary N) is 2. The van der Waals surface area contributed by atoms with Crippen LogP contribution in [0.2, 0.25) is 0 Å². The molecule has 1 aliphatic heterocycles. The summed E-state index contributed by atoms with van der Waals surface area (Å²) in [7, 11) is -10.0. The smallest absolute Gasteiger partial charge is 0.744 e. The third-order valence-electron chi connectivity index (χ3n) is 2.49. The van der Waals surface area contributed by atoms with E-state index in [9.17, 15) is 34.8 Å². The number of hydrazine groups is 1. The quantitative estimate of drug-likeness (QED) is 0.212. The number of rotatable bonds is 4. The zero-order chi connectivity index (χ0) is 17.4. The van der Waals surface area contributed by atoms with E-state index < -0.39 is 52.7 Å². The van der Waals surface area contributed by atoms with E-state index in [-0.39, 0.29) is 59.1 Å². The van der Waals surface area contributed by atoms with Crippen LogP contribution in [0, 0.1) is 0 Å². The van der Waals surface area contributed by atoms with Crippen molar-refractivity contribution in [1.29, 1.82) is 0 Å². The summed E-state index contributed by atoms with van der Waals surface area (Å²) >= 11 is 0. The van der Waals surface area contributed by atoms with Crippen molar-refractivity contribution in [3.63, 3.8) is 0 Å². The molecule has 0 amide bonds. The van der Waals surface area contributed by atoms with Crippen LogP contribution in [0.25, 0.3) is 0 Å². The van der Waals surface area contributed by atoms with Crippen molar-refractivity contribution >= 4 is 32.1 Å². The first kappa shape index (κ1) is 24.7. The predicted octanol–water partition coefficient (Wildman–Crippen LogP) is -6.26. The first-order chi connectivity index (χ1) is 10.5. The Balaban J connectivity index is 0.00000288. The van der Waals surface area contributed by atoms with Gasteiger partial charge in [0.15, 0.2) is 0 Å². The molecule has 10 nitrogen and oxygen atoms in total. The van der Waals surface area contributed by atoms with Gasteiger partial charge in [-0.15, -0.1) is 5.10 Å². The third-order valence-corrected chi connectivity index (χ3v) is 4.22. The molecule has 0 unspecified atom stereocenters. The molecular formula is C9H6F2N4Na2O6S2. The molecule has 1 aliphatic rings. The molecule has 2 N–H and O–H groups in total. The van der Waals surface area contributed by atoms with Gasteiger partial charge >= 0.3 is 59.1 Å².